The fraction of sp³-hybridized carbons (Fsp3) is 0.667. The first-order valence-corrected chi connectivity index (χ1v) is 5.93. The lowest BCUT2D eigenvalue weighted by molar-refractivity contribution is 0.428. The minimum Gasteiger partial charge on any atom is -0.312 e. The largest absolute Gasteiger partial charge is 0.312 e. The van der Waals surface area contributed by atoms with Crippen molar-refractivity contribution in [3.63, 3.8) is 0 Å². The van der Waals surface area contributed by atoms with Crippen LogP contribution in [0.2, 0.25) is 0 Å². The third-order valence-electron chi connectivity index (χ3n) is 2.61. The highest BCUT2D eigenvalue weighted by Gasteiger charge is 2.06. The van der Waals surface area contributed by atoms with Crippen molar-refractivity contribution in [2.45, 2.75) is 46.2 Å². The second-order valence-electron chi connectivity index (χ2n) is 4.08. The lowest BCUT2D eigenvalue weighted by Gasteiger charge is -2.17. The summed E-state index contributed by atoms with van der Waals surface area (Å²) >= 11 is 0. The summed E-state index contributed by atoms with van der Waals surface area (Å²) in [5, 5.41) is 3.42. The fourth-order valence-corrected chi connectivity index (χ4v) is 1.58. The molecule has 4 nitrogen and oxygen atoms in total. The summed E-state index contributed by atoms with van der Waals surface area (Å²) in [7, 11) is 0. The molecule has 1 rings (SSSR count). The van der Waals surface area contributed by atoms with Gasteiger partial charge in [0.1, 0.15) is 0 Å². The zero-order chi connectivity index (χ0) is 12.0. The van der Waals surface area contributed by atoms with Gasteiger partial charge in [0, 0.05) is 24.3 Å². The molecule has 0 fully saturated rings. The first-order chi connectivity index (χ1) is 7.67. The van der Waals surface area contributed by atoms with E-state index in [1.807, 2.05) is 6.92 Å². The molecule has 0 saturated carbocycles. The average Bonchev–Trinajstić information content (AvgIpc) is 2.27. The van der Waals surface area contributed by atoms with Gasteiger partial charge in [-0.3, -0.25) is 9.36 Å². The SMILES string of the molecule is CCCNC(CC)Cn1cnc(C)cc1=O. The van der Waals surface area contributed by atoms with Crippen LogP contribution in [-0.2, 0) is 6.54 Å². The van der Waals surface area contributed by atoms with Gasteiger partial charge in [0.25, 0.3) is 5.56 Å². The number of hydrogen-bond acceptors (Lipinski definition) is 3. The molecule has 1 aromatic rings. The molecule has 1 aromatic heterocycles. The zero-order valence-electron chi connectivity index (χ0n) is 10.4. The van der Waals surface area contributed by atoms with Crippen molar-refractivity contribution in [1.82, 2.24) is 14.9 Å². The molecule has 16 heavy (non-hydrogen) atoms. The number of rotatable bonds is 6. The van der Waals surface area contributed by atoms with E-state index in [9.17, 15) is 4.79 Å². The Kier molecular flexibility index (Phi) is 5.19. The summed E-state index contributed by atoms with van der Waals surface area (Å²) < 4.78 is 1.67. The summed E-state index contributed by atoms with van der Waals surface area (Å²) in [5.41, 5.74) is 0.806. The van der Waals surface area contributed by atoms with Gasteiger partial charge in [-0.1, -0.05) is 13.8 Å². The summed E-state index contributed by atoms with van der Waals surface area (Å²) in [5.74, 6) is 0. The number of nitrogens with zero attached hydrogens (tertiary/aromatic N) is 2. The topological polar surface area (TPSA) is 46.9 Å². The second-order valence-corrected chi connectivity index (χ2v) is 4.08. The van der Waals surface area contributed by atoms with E-state index in [0.29, 0.717) is 12.6 Å². The van der Waals surface area contributed by atoms with Gasteiger partial charge in [0.15, 0.2) is 0 Å². The predicted molar refractivity (Wildman–Crippen MR) is 65.6 cm³/mol. The molecule has 1 N–H and O–H groups in total. The molecular formula is C12H21N3O. The molecule has 1 heterocycles. The van der Waals surface area contributed by atoms with Gasteiger partial charge >= 0.3 is 0 Å². The molecule has 1 atom stereocenters. The third kappa shape index (κ3) is 3.77. The maximum Gasteiger partial charge on any atom is 0.253 e. The Labute approximate surface area is 96.7 Å². The van der Waals surface area contributed by atoms with Crippen molar-refractivity contribution in [1.29, 1.82) is 0 Å². The molecule has 0 aromatic carbocycles. The van der Waals surface area contributed by atoms with Gasteiger partial charge in [0.05, 0.1) is 6.33 Å². The van der Waals surface area contributed by atoms with E-state index in [1.165, 1.54) is 0 Å². The summed E-state index contributed by atoms with van der Waals surface area (Å²) in [4.78, 5) is 15.8. The molecule has 0 aliphatic rings. The predicted octanol–water partition coefficient (Wildman–Crippen LogP) is 1.33. The van der Waals surface area contributed by atoms with Crippen LogP contribution < -0.4 is 10.9 Å². The minimum absolute atomic E-state index is 0.0317. The Hall–Kier alpha value is -1.16. The first-order valence-electron chi connectivity index (χ1n) is 5.93. The summed E-state index contributed by atoms with van der Waals surface area (Å²) in [6, 6.07) is 1.93. The van der Waals surface area contributed by atoms with Crippen LogP contribution in [0.25, 0.3) is 0 Å². The molecule has 0 radical (unpaired) electrons. The maximum atomic E-state index is 11.7. The Morgan fingerprint density at radius 3 is 2.81 bits per heavy atom. The van der Waals surface area contributed by atoms with Crippen molar-refractivity contribution in [2.24, 2.45) is 0 Å². The molecule has 1 unspecified atom stereocenters. The highest BCUT2D eigenvalue weighted by Crippen LogP contribution is 1.95. The number of aryl methyl sites for hydroxylation is 1. The lowest BCUT2D eigenvalue weighted by atomic mass is 10.2. The van der Waals surface area contributed by atoms with Crippen LogP contribution in [0.3, 0.4) is 0 Å². The van der Waals surface area contributed by atoms with Crippen LogP contribution in [0.15, 0.2) is 17.2 Å². The number of nitrogens with one attached hydrogen (secondary N) is 1. The van der Waals surface area contributed by atoms with Crippen LogP contribution >= 0.6 is 0 Å². The Morgan fingerprint density at radius 2 is 2.25 bits per heavy atom. The Balaban J connectivity index is 2.66. The van der Waals surface area contributed by atoms with E-state index >= 15 is 0 Å². The molecular weight excluding hydrogens is 202 g/mol. The van der Waals surface area contributed by atoms with Crippen LogP contribution in [0, 0.1) is 6.92 Å². The molecule has 0 aliphatic carbocycles. The lowest BCUT2D eigenvalue weighted by Crippen LogP contribution is -2.36. The van der Waals surface area contributed by atoms with Crippen molar-refractivity contribution in [3.8, 4) is 0 Å². The van der Waals surface area contributed by atoms with Crippen LogP contribution in [0.5, 0.6) is 0 Å². The van der Waals surface area contributed by atoms with E-state index in [4.69, 9.17) is 0 Å². The highest BCUT2D eigenvalue weighted by molar-refractivity contribution is 4.96. The second kappa shape index (κ2) is 6.43. The van der Waals surface area contributed by atoms with Gasteiger partial charge in [-0.25, -0.2) is 4.98 Å². The summed E-state index contributed by atoms with van der Waals surface area (Å²) in [6.07, 6.45) is 3.76. The molecule has 0 saturated heterocycles. The molecule has 0 spiro atoms. The number of hydrogen-bond donors (Lipinski definition) is 1. The zero-order valence-corrected chi connectivity index (χ0v) is 10.4. The third-order valence-corrected chi connectivity index (χ3v) is 2.61. The van der Waals surface area contributed by atoms with E-state index in [0.717, 1.165) is 25.1 Å². The molecule has 0 amide bonds. The van der Waals surface area contributed by atoms with Crippen molar-refractivity contribution < 1.29 is 0 Å². The van der Waals surface area contributed by atoms with Crippen molar-refractivity contribution in [2.75, 3.05) is 6.54 Å². The van der Waals surface area contributed by atoms with Crippen molar-refractivity contribution >= 4 is 0 Å². The smallest absolute Gasteiger partial charge is 0.253 e. The van der Waals surface area contributed by atoms with Gasteiger partial charge < -0.3 is 5.32 Å². The molecule has 0 aliphatic heterocycles. The average molecular weight is 223 g/mol. The van der Waals surface area contributed by atoms with Crippen LogP contribution in [-0.4, -0.2) is 22.1 Å². The van der Waals surface area contributed by atoms with Crippen LogP contribution in [0.1, 0.15) is 32.4 Å². The van der Waals surface area contributed by atoms with Gasteiger partial charge in [-0.05, 0) is 26.3 Å². The standard InChI is InChI=1S/C12H21N3O/c1-4-6-13-11(5-2)8-15-9-14-10(3)7-12(15)16/h7,9,11,13H,4-6,8H2,1-3H3. The maximum absolute atomic E-state index is 11.7. The summed E-state index contributed by atoms with van der Waals surface area (Å²) in [6.45, 7) is 7.78. The molecule has 0 bridgehead atoms. The van der Waals surface area contributed by atoms with E-state index in [2.05, 4.69) is 24.1 Å². The minimum atomic E-state index is 0.0317. The van der Waals surface area contributed by atoms with E-state index in [-0.39, 0.29) is 5.56 Å². The molecule has 90 valence electrons. The van der Waals surface area contributed by atoms with E-state index in [1.54, 1.807) is 17.0 Å². The normalized spacial score (nSPS) is 12.7. The Morgan fingerprint density at radius 1 is 1.50 bits per heavy atom. The monoisotopic (exact) mass is 223 g/mol. The van der Waals surface area contributed by atoms with Crippen molar-refractivity contribution in [3.05, 3.63) is 28.4 Å². The fourth-order valence-electron chi connectivity index (χ4n) is 1.58. The first kappa shape index (κ1) is 12.9. The van der Waals surface area contributed by atoms with Crippen LogP contribution in [0.4, 0.5) is 0 Å². The quantitative estimate of drug-likeness (QED) is 0.791. The molecule has 4 heteroatoms. The highest BCUT2D eigenvalue weighted by atomic mass is 16.1. The van der Waals surface area contributed by atoms with Gasteiger partial charge in [-0.2, -0.15) is 0 Å². The van der Waals surface area contributed by atoms with Gasteiger partial charge in [-0.15, -0.1) is 0 Å². The van der Waals surface area contributed by atoms with E-state index < -0.39 is 0 Å². The Bertz CT molecular complexity index is 373. The van der Waals surface area contributed by atoms with Gasteiger partial charge in [0.2, 0.25) is 0 Å². The number of aromatic nitrogens is 2.